The molecule has 2 rings (SSSR count). The van der Waals surface area contributed by atoms with Gasteiger partial charge in [0.1, 0.15) is 0 Å². The van der Waals surface area contributed by atoms with E-state index >= 15 is 0 Å². The average molecular weight is 298 g/mol. The number of carboxylic acids is 1. The van der Waals surface area contributed by atoms with Gasteiger partial charge in [0.15, 0.2) is 0 Å². The highest BCUT2D eigenvalue weighted by Gasteiger charge is 2.30. The molecule has 0 atom stereocenters. The quantitative estimate of drug-likeness (QED) is 0.853. The number of carbonyl (C=O) groups is 1. The van der Waals surface area contributed by atoms with Crippen molar-refractivity contribution in [2.45, 2.75) is 6.18 Å². The van der Waals surface area contributed by atoms with Crippen LogP contribution in [0.15, 0.2) is 41.8 Å². The van der Waals surface area contributed by atoms with Gasteiger partial charge in [-0.1, -0.05) is 18.2 Å². The van der Waals surface area contributed by atoms with Crippen LogP contribution >= 0.6 is 11.3 Å². The molecule has 1 heterocycles. The van der Waals surface area contributed by atoms with Crippen LogP contribution in [0.3, 0.4) is 0 Å². The molecule has 0 bridgehead atoms. The fraction of sp³-hybridized carbons (Fsp3) is 0.0714. The first-order chi connectivity index (χ1) is 9.38. The summed E-state index contributed by atoms with van der Waals surface area (Å²) in [5.41, 5.74) is -0.632. The Morgan fingerprint density at radius 1 is 1.20 bits per heavy atom. The smallest absolute Gasteiger partial charge is 0.416 e. The summed E-state index contributed by atoms with van der Waals surface area (Å²) in [6.07, 6.45) is -3.21. The van der Waals surface area contributed by atoms with Gasteiger partial charge in [-0.2, -0.15) is 13.2 Å². The molecule has 1 N–H and O–H groups in total. The molecule has 6 heteroatoms. The molecule has 2 aromatic rings. The SMILES string of the molecule is O=C(O)/C(=C\c1cccc(C(F)(F)F)c1)c1cccs1. The minimum Gasteiger partial charge on any atom is -0.478 e. The molecule has 0 spiro atoms. The van der Waals surface area contributed by atoms with Gasteiger partial charge in [0.25, 0.3) is 0 Å². The molecule has 1 aromatic carbocycles. The van der Waals surface area contributed by atoms with Crippen molar-refractivity contribution in [2.24, 2.45) is 0 Å². The number of aliphatic carboxylic acids is 1. The second-order valence-corrected chi connectivity index (χ2v) is 4.91. The standard InChI is InChI=1S/C14H9F3O2S/c15-14(16,17)10-4-1-3-9(7-10)8-11(13(18)19)12-5-2-6-20-12/h1-8H,(H,18,19)/b11-8-. The van der Waals surface area contributed by atoms with E-state index in [0.717, 1.165) is 12.1 Å². The summed E-state index contributed by atoms with van der Waals surface area (Å²) in [5, 5.41) is 10.9. The monoisotopic (exact) mass is 298 g/mol. The Bertz CT molecular complexity index is 643. The van der Waals surface area contributed by atoms with Gasteiger partial charge in [-0.05, 0) is 35.2 Å². The maximum Gasteiger partial charge on any atom is 0.416 e. The Balaban J connectivity index is 2.45. The van der Waals surface area contributed by atoms with Crippen molar-refractivity contribution in [1.29, 1.82) is 0 Å². The van der Waals surface area contributed by atoms with Crippen LogP contribution in [-0.2, 0) is 11.0 Å². The van der Waals surface area contributed by atoms with E-state index in [2.05, 4.69) is 0 Å². The predicted octanol–water partition coefficient (Wildman–Crippen LogP) is 4.39. The van der Waals surface area contributed by atoms with Gasteiger partial charge in [0.05, 0.1) is 11.1 Å². The Hall–Kier alpha value is -2.08. The van der Waals surface area contributed by atoms with Gasteiger partial charge >= 0.3 is 12.1 Å². The third kappa shape index (κ3) is 3.27. The Kier molecular flexibility index (Phi) is 3.94. The Morgan fingerprint density at radius 3 is 2.50 bits per heavy atom. The predicted molar refractivity (Wildman–Crippen MR) is 71.3 cm³/mol. The van der Waals surface area contributed by atoms with Crippen LogP contribution in [0.2, 0.25) is 0 Å². The van der Waals surface area contributed by atoms with E-state index in [1.807, 2.05) is 0 Å². The second kappa shape index (κ2) is 5.50. The van der Waals surface area contributed by atoms with Gasteiger partial charge in [0.2, 0.25) is 0 Å². The molecule has 0 amide bonds. The maximum absolute atomic E-state index is 12.6. The number of alkyl halides is 3. The lowest BCUT2D eigenvalue weighted by Gasteiger charge is -2.07. The molecule has 0 radical (unpaired) electrons. The molecule has 0 aliphatic rings. The third-order valence-corrected chi connectivity index (χ3v) is 3.45. The number of carboxylic acid groups (broad SMARTS) is 1. The molecule has 0 fully saturated rings. The van der Waals surface area contributed by atoms with Gasteiger partial charge in [0, 0.05) is 4.88 Å². The molecular weight excluding hydrogens is 289 g/mol. The molecule has 0 aliphatic carbocycles. The first-order valence-electron chi connectivity index (χ1n) is 5.54. The highest BCUT2D eigenvalue weighted by Crippen LogP contribution is 2.30. The topological polar surface area (TPSA) is 37.3 Å². The van der Waals surface area contributed by atoms with Crippen molar-refractivity contribution in [2.75, 3.05) is 0 Å². The van der Waals surface area contributed by atoms with Crippen molar-refractivity contribution in [3.05, 3.63) is 57.8 Å². The largest absolute Gasteiger partial charge is 0.478 e. The number of thiophene rings is 1. The lowest BCUT2D eigenvalue weighted by molar-refractivity contribution is -0.137. The molecular formula is C14H9F3O2S. The Labute approximate surface area is 116 Å². The molecule has 0 aliphatic heterocycles. The van der Waals surface area contributed by atoms with Crippen LogP contribution in [0.1, 0.15) is 16.0 Å². The van der Waals surface area contributed by atoms with Gasteiger partial charge in [-0.15, -0.1) is 11.3 Å². The highest BCUT2D eigenvalue weighted by molar-refractivity contribution is 7.11. The van der Waals surface area contributed by atoms with Crippen LogP contribution in [0.25, 0.3) is 11.6 Å². The molecule has 104 valence electrons. The third-order valence-electron chi connectivity index (χ3n) is 2.54. The van der Waals surface area contributed by atoms with Crippen molar-refractivity contribution in [3.63, 3.8) is 0 Å². The summed E-state index contributed by atoms with van der Waals surface area (Å²) >= 11 is 1.22. The number of hydrogen-bond donors (Lipinski definition) is 1. The lowest BCUT2D eigenvalue weighted by atomic mass is 10.1. The van der Waals surface area contributed by atoms with Gasteiger partial charge in [-0.3, -0.25) is 0 Å². The molecule has 0 saturated carbocycles. The van der Waals surface area contributed by atoms with Crippen molar-refractivity contribution in [3.8, 4) is 0 Å². The minimum absolute atomic E-state index is 0.0284. The fourth-order valence-electron chi connectivity index (χ4n) is 1.64. The zero-order valence-electron chi connectivity index (χ0n) is 10.0. The number of halogens is 3. The molecule has 1 aromatic heterocycles. The van der Waals surface area contributed by atoms with Crippen LogP contribution in [0.5, 0.6) is 0 Å². The molecule has 2 nitrogen and oxygen atoms in total. The van der Waals surface area contributed by atoms with Crippen molar-refractivity contribution < 1.29 is 23.1 Å². The first kappa shape index (κ1) is 14.3. The van der Waals surface area contributed by atoms with E-state index in [0.29, 0.717) is 4.88 Å². The molecule has 0 unspecified atom stereocenters. The zero-order valence-corrected chi connectivity index (χ0v) is 10.8. The van der Waals surface area contributed by atoms with Crippen LogP contribution in [-0.4, -0.2) is 11.1 Å². The second-order valence-electron chi connectivity index (χ2n) is 3.96. The number of benzene rings is 1. The lowest BCUT2D eigenvalue weighted by Crippen LogP contribution is -2.04. The van der Waals surface area contributed by atoms with Gasteiger partial charge in [-0.25, -0.2) is 4.79 Å². The summed E-state index contributed by atoms with van der Waals surface area (Å²) in [6.45, 7) is 0. The summed E-state index contributed by atoms with van der Waals surface area (Å²) in [6, 6.07) is 7.86. The number of hydrogen-bond acceptors (Lipinski definition) is 2. The number of rotatable bonds is 3. The van der Waals surface area contributed by atoms with E-state index in [1.165, 1.54) is 29.5 Å². The van der Waals surface area contributed by atoms with E-state index in [4.69, 9.17) is 5.11 Å². The minimum atomic E-state index is -4.45. The van der Waals surface area contributed by atoms with E-state index in [-0.39, 0.29) is 11.1 Å². The van der Waals surface area contributed by atoms with Crippen LogP contribution < -0.4 is 0 Å². The summed E-state index contributed by atoms with van der Waals surface area (Å²) < 4.78 is 37.8. The van der Waals surface area contributed by atoms with Crippen LogP contribution in [0.4, 0.5) is 13.2 Å². The van der Waals surface area contributed by atoms with Gasteiger partial charge < -0.3 is 5.11 Å². The average Bonchev–Trinajstić information content (AvgIpc) is 2.88. The molecule has 0 saturated heterocycles. The maximum atomic E-state index is 12.6. The summed E-state index contributed by atoms with van der Waals surface area (Å²) in [5.74, 6) is -1.18. The van der Waals surface area contributed by atoms with E-state index in [9.17, 15) is 18.0 Å². The van der Waals surface area contributed by atoms with Crippen LogP contribution in [0, 0.1) is 0 Å². The first-order valence-corrected chi connectivity index (χ1v) is 6.42. The van der Waals surface area contributed by atoms with Crippen molar-refractivity contribution in [1.82, 2.24) is 0 Å². The Morgan fingerprint density at radius 2 is 1.95 bits per heavy atom. The van der Waals surface area contributed by atoms with Crippen molar-refractivity contribution >= 4 is 29.0 Å². The summed E-state index contributed by atoms with van der Waals surface area (Å²) in [4.78, 5) is 11.7. The highest BCUT2D eigenvalue weighted by atomic mass is 32.1. The van der Waals surface area contributed by atoms with E-state index in [1.54, 1.807) is 17.5 Å². The molecule has 20 heavy (non-hydrogen) atoms. The van der Waals surface area contributed by atoms with E-state index < -0.39 is 17.7 Å². The summed E-state index contributed by atoms with van der Waals surface area (Å²) in [7, 11) is 0. The zero-order chi connectivity index (χ0) is 14.8. The fourth-order valence-corrected chi connectivity index (χ4v) is 2.38. The normalized spacial score (nSPS) is 12.4.